The Bertz CT molecular complexity index is 1550. The molecule has 0 spiro atoms. The highest BCUT2D eigenvalue weighted by molar-refractivity contribution is 8.76. The van der Waals surface area contributed by atoms with Crippen molar-refractivity contribution >= 4 is 73.6 Å². The number of nitrogens with zero attached hydrogens (tertiary/aromatic N) is 2. The van der Waals surface area contributed by atoms with Crippen LogP contribution in [0.1, 0.15) is 34.6 Å². The molecule has 0 aliphatic rings. The third kappa shape index (κ3) is 7.99. The SMILES string of the molecule is COC(=O)[C@H](C)NC(=O)c1ccnc2c(SSc3cccc4c(C(=O)N[C@@H](C)C(=O)OC)ccnc34)cccc12.O=CO. The van der Waals surface area contributed by atoms with Crippen molar-refractivity contribution in [3.8, 4) is 0 Å². The number of ether oxygens (including phenoxy) is 2. The molecule has 2 atom stereocenters. The Hall–Kier alpha value is -4.69. The monoisotopic (exact) mass is 624 g/mol. The summed E-state index contributed by atoms with van der Waals surface area (Å²) < 4.78 is 9.39. The second-order valence-corrected chi connectivity index (χ2v) is 10.9. The average Bonchev–Trinajstić information content (AvgIpc) is 3.02. The number of aromatic nitrogens is 2. The van der Waals surface area contributed by atoms with Crippen LogP contribution in [0.15, 0.2) is 70.7 Å². The van der Waals surface area contributed by atoms with Crippen molar-refractivity contribution in [2.75, 3.05) is 14.2 Å². The normalized spacial score (nSPS) is 11.8. The van der Waals surface area contributed by atoms with Crippen LogP contribution in [0.4, 0.5) is 0 Å². The molecule has 2 amide bonds. The lowest BCUT2D eigenvalue weighted by Crippen LogP contribution is -2.39. The largest absolute Gasteiger partial charge is 0.483 e. The number of methoxy groups -OCH3 is 2. The number of fused-ring (bicyclic) bond motifs is 2. The van der Waals surface area contributed by atoms with E-state index in [9.17, 15) is 19.2 Å². The van der Waals surface area contributed by atoms with Crippen LogP contribution in [0.25, 0.3) is 21.8 Å². The van der Waals surface area contributed by atoms with E-state index in [-0.39, 0.29) is 6.47 Å². The number of carboxylic acid groups (broad SMARTS) is 1. The van der Waals surface area contributed by atoms with Crippen LogP contribution in [0, 0.1) is 0 Å². The van der Waals surface area contributed by atoms with Crippen molar-refractivity contribution in [1.82, 2.24) is 20.6 Å². The van der Waals surface area contributed by atoms with Crippen LogP contribution < -0.4 is 10.6 Å². The molecule has 3 N–H and O–H groups in total. The zero-order valence-electron chi connectivity index (χ0n) is 23.5. The highest BCUT2D eigenvalue weighted by Gasteiger charge is 2.21. The predicted octanol–water partition coefficient (Wildman–Crippen LogP) is 3.87. The maximum absolute atomic E-state index is 12.9. The first-order valence-corrected chi connectivity index (χ1v) is 14.8. The van der Waals surface area contributed by atoms with Crippen LogP contribution in [0.5, 0.6) is 0 Å². The molecule has 0 aliphatic carbocycles. The van der Waals surface area contributed by atoms with Gasteiger partial charge in [-0.1, -0.05) is 45.9 Å². The number of benzene rings is 2. The molecule has 0 radical (unpaired) electrons. The van der Waals surface area contributed by atoms with Gasteiger partial charge in [-0.3, -0.25) is 24.4 Å². The Labute approximate surface area is 254 Å². The summed E-state index contributed by atoms with van der Waals surface area (Å²) in [5.74, 6) is -1.90. The standard InChI is InChI=1S/C28H26N4O6S2.CH2O2/c1-15(27(35)37-3)31-25(33)19-11-13-29-23-17(19)7-5-9-21(23)39-40-22-10-6-8-18-20(12-14-30-24(18)22)26(34)32-16(2)28(36)38-4;2-1-3/h5-16H,1-4H3,(H,31,33)(H,32,34);1H,(H,2,3)/t15-,16-;/m0./s1. The second-order valence-electron chi connectivity index (χ2n) is 8.73. The topological polar surface area (TPSA) is 174 Å². The molecule has 224 valence electrons. The van der Waals surface area contributed by atoms with Gasteiger partial charge in [0, 0.05) is 33.0 Å². The number of rotatable bonds is 9. The highest BCUT2D eigenvalue weighted by atomic mass is 33.1. The molecular formula is C29H28N4O8S2. The van der Waals surface area contributed by atoms with Crippen molar-refractivity contribution in [3.63, 3.8) is 0 Å². The van der Waals surface area contributed by atoms with Crippen LogP contribution >= 0.6 is 21.6 Å². The zero-order valence-corrected chi connectivity index (χ0v) is 25.2. The molecule has 0 saturated heterocycles. The number of nitrogens with one attached hydrogen (secondary N) is 2. The van der Waals surface area contributed by atoms with E-state index in [4.69, 9.17) is 19.4 Å². The fourth-order valence-corrected chi connectivity index (χ4v) is 6.21. The third-order valence-electron chi connectivity index (χ3n) is 5.98. The van der Waals surface area contributed by atoms with E-state index in [0.29, 0.717) is 32.9 Å². The Kier molecular flexibility index (Phi) is 11.8. The molecule has 2 heterocycles. The number of carbonyl (C=O) groups excluding carboxylic acids is 4. The van der Waals surface area contributed by atoms with Crippen LogP contribution in [0.2, 0.25) is 0 Å². The van der Waals surface area contributed by atoms with Crippen molar-refractivity contribution in [2.24, 2.45) is 0 Å². The first-order valence-electron chi connectivity index (χ1n) is 12.6. The summed E-state index contributed by atoms with van der Waals surface area (Å²) in [6, 6.07) is 12.7. The molecule has 12 nitrogen and oxygen atoms in total. The summed E-state index contributed by atoms with van der Waals surface area (Å²) in [6.45, 7) is 2.86. The van der Waals surface area contributed by atoms with E-state index in [0.717, 1.165) is 9.79 Å². The summed E-state index contributed by atoms with van der Waals surface area (Å²) in [5.41, 5.74) is 2.03. The fourth-order valence-electron chi connectivity index (χ4n) is 3.94. The van der Waals surface area contributed by atoms with Crippen molar-refractivity contribution in [2.45, 2.75) is 35.7 Å². The summed E-state index contributed by atoms with van der Waals surface area (Å²) >= 11 is 0. The number of pyridine rings is 2. The van der Waals surface area contributed by atoms with E-state index in [1.54, 1.807) is 50.5 Å². The maximum atomic E-state index is 12.9. The molecule has 4 rings (SSSR count). The summed E-state index contributed by atoms with van der Waals surface area (Å²) in [4.78, 5) is 68.3. The zero-order chi connectivity index (χ0) is 31.5. The lowest BCUT2D eigenvalue weighted by atomic mass is 10.1. The average molecular weight is 625 g/mol. The molecule has 0 unspecified atom stereocenters. The molecule has 0 aliphatic heterocycles. The van der Waals surface area contributed by atoms with E-state index < -0.39 is 35.8 Å². The van der Waals surface area contributed by atoms with Gasteiger partial charge in [-0.25, -0.2) is 9.59 Å². The lowest BCUT2D eigenvalue weighted by molar-refractivity contribution is -0.143. The predicted molar refractivity (Wildman–Crippen MR) is 162 cm³/mol. The van der Waals surface area contributed by atoms with Gasteiger partial charge in [0.05, 0.1) is 36.4 Å². The van der Waals surface area contributed by atoms with Crippen molar-refractivity contribution < 1.29 is 38.6 Å². The summed E-state index contributed by atoms with van der Waals surface area (Å²) in [6.07, 6.45) is 3.10. The number of hydrogen-bond acceptors (Lipinski definition) is 11. The summed E-state index contributed by atoms with van der Waals surface area (Å²) in [7, 11) is 5.41. The Balaban J connectivity index is 0.00000162. The quantitative estimate of drug-likeness (QED) is 0.140. The minimum absolute atomic E-state index is 0.250. The molecule has 0 bridgehead atoms. The molecule has 43 heavy (non-hydrogen) atoms. The van der Waals surface area contributed by atoms with Crippen molar-refractivity contribution in [1.29, 1.82) is 0 Å². The third-order valence-corrected chi connectivity index (χ3v) is 8.41. The van der Waals surface area contributed by atoms with Gasteiger partial charge in [-0.2, -0.15) is 0 Å². The Morgan fingerprint density at radius 2 is 1.12 bits per heavy atom. The minimum Gasteiger partial charge on any atom is -0.483 e. The van der Waals surface area contributed by atoms with Gasteiger partial charge in [0.25, 0.3) is 18.3 Å². The van der Waals surface area contributed by atoms with E-state index in [2.05, 4.69) is 20.6 Å². The molecular weight excluding hydrogens is 596 g/mol. The van der Waals surface area contributed by atoms with Gasteiger partial charge in [-0.05, 0) is 38.1 Å². The maximum Gasteiger partial charge on any atom is 0.328 e. The molecule has 4 aromatic rings. The van der Waals surface area contributed by atoms with Gasteiger partial charge in [0.1, 0.15) is 12.1 Å². The molecule has 14 heteroatoms. The molecule has 2 aromatic heterocycles. The Morgan fingerprint density at radius 1 is 0.744 bits per heavy atom. The van der Waals surface area contributed by atoms with E-state index >= 15 is 0 Å². The number of para-hydroxylation sites is 2. The van der Waals surface area contributed by atoms with E-state index in [1.165, 1.54) is 35.8 Å². The summed E-state index contributed by atoms with van der Waals surface area (Å²) in [5, 5.41) is 13.5. The Morgan fingerprint density at radius 3 is 1.47 bits per heavy atom. The fraction of sp³-hybridized carbons (Fsp3) is 0.207. The van der Waals surface area contributed by atoms with Gasteiger partial charge < -0.3 is 25.2 Å². The lowest BCUT2D eigenvalue weighted by Gasteiger charge is -2.14. The van der Waals surface area contributed by atoms with Gasteiger partial charge in [-0.15, -0.1) is 0 Å². The number of carbonyl (C=O) groups is 5. The molecule has 0 saturated carbocycles. The van der Waals surface area contributed by atoms with E-state index in [1.807, 2.05) is 24.3 Å². The first kappa shape index (κ1) is 32.8. The van der Waals surface area contributed by atoms with Crippen molar-refractivity contribution in [3.05, 3.63) is 72.1 Å². The number of amides is 2. The van der Waals surface area contributed by atoms with Gasteiger partial charge >= 0.3 is 11.9 Å². The highest BCUT2D eigenvalue weighted by Crippen LogP contribution is 2.42. The van der Waals surface area contributed by atoms with Crippen LogP contribution in [0.3, 0.4) is 0 Å². The number of esters is 2. The second kappa shape index (κ2) is 15.5. The van der Waals surface area contributed by atoms with Gasteiger partial charge in [0.2, 0.25) is 0 Å². The minimum atomic E-state index is -0.802. The molecule has 0 fully saturated rings. The van der Waals surface area contributed by atoms with Crippen LogP contribution in [-0.2, 0) is 23.9 Å². The number of hydrogen-bond donors (Lipinski definition) is 3. The van der Waals surface area contributed by atoms with Gasteiger partial charge in [0.15, 0.2) is 0 Å². The van der Waals surface area contributed by atoms with Crippen LogP contribution in [-0.4, -0.2) is 71.6 Å². The molecule has 2 aromatic carbocycles. The smallest absolute Gasteiger partial charge is 0.328 e. The first-order chi connectivity index (χ1) is 20.7.